The van der Waals surface area contributed by atoms with Crippen LogP contribution >= 0.6 is 27.5 Å². The highest BCUT2D eigenvalue weighted by Gasteiger charge is 2.39. The van der Waals surface area contributed by atoms with E-state index < -0.39 is 28.8 Å². The molecule has 2 aromatic rings. The first kappa shape index (κ1) is 20.8. The maximum atomic E-state index is 13.0. The van der Waals surface area contributed by atoms with Crippen molar-refractivity contribution in [3.05, 3.63) is 32.8 Å². The van der Waals surface area contributed by atoms with E-state index in [0.717, 1.165) is 9.15 Å². The first-order valence-corrected chi connectivity index (χ1v) is 8.93. The summed E-state index contributed by atoms with van der Waals surface area (Å²) in [6.45, 7) is 5.69. The molecule has 0 radical (unpaired) electrons. The summed E-state index contributed by atoms with van der Waals surface area (Å²) >= 11 is 9.13. The summed E-state index contributed by atoms with van der Waals surface area (Å²) in [5.74, 6) is -0.404. The van der Waals surface area contributed by atoms with Crippen molar-refractivity contribution in [2.24, 2.45) is 0 Å². The second-order valence-corrected chi connectivity index (χ2v) is 7.07. The molecule has 2 aromatic heterocycles. The third-order valence-corrected chi connectivity index (χ3v) is 5.06. The Bertz CT molecular complexity index is 817. The molecule has 1 atom stereocenters. The van der Waals surface area contributed by atoms with Gasteiger partial charge in [0.15, 0.2) is 5.69 Å². The van der Waals surface area contributed by atoms with Gasteiger partial charge in [-0.05, 0) is 36.7 Å². The Kier molecular flexibility index (Phi) is 6.06. The van der Waals surface area contributed by atoms with Crippen LogP contribution in [0.2, 0.25) is 5.02 Å². The van der Waals surface area contributed by atoms with Crippen molar-refractivity contribution < 1.29 is 18.0 Å². The van der Waals surface area contributed by atoms with Gasteiger partial charge < -0.3 is 4.90 Å². The van der Waals surface area contributed by atoms with Crippen molar-refractivity contribution >= 4 is 33.4 Å². The zero-order valence-corrected chi connectivity index (χ0v) is 16.9. The molecule has 0 saturated heterocycles. The fourth-order valence-electron chi connectivity index (χ4n) is 2.49. The van der Waals surface area contributed by atoms with Crippen LogP contribution in [0.4, 0.5) is 13.2 Å². The smallest absolute Gasteiger partial charge is 0.338 e. The Morgan fingerprint density at radius 3 is 2.50 bits per heavy atom. The highest BCUT2D eigenvalue weighted by molar-refractivity contribution is 9.10. The SMILES string of the molecule is CCn1cc(Br)c(CN(C)C(=O)C(C)n2nc(C(F)(F)F)c(Cl)c2C)n1. The lowest BCUT2D eigenvalue weighted by atomic mass is 10.2. The third kappa shape index (κ3) is 4.06. The Labute approximate surface area is 162 Å². The molecule has 0 spiro atoms. The molecule has 0 saturated carbocycles. The minimum atomic E-state index is -4.68. The number of halogens is 5. The number of carbonyl (C=O) groups excluding carboxylic acids is 1. The molecule has 0 fully saturated rings. The van der Waals surface area contributed by atoms with Gasteiger partial charge in [-0.3, -0.25) is 14.2 Å². The Morgan fingerprint density at radius 1 is 1.42 bits per heavy atom. The van der Waals surface area contributed by atoms with Crippen molar-refractivity contribution in [3.8, 4) is 0 Å². The second-order valence-electron chi connectivity index (χ2n) is 5.84. The lowest BCUT2D eigenvalue weighted by Gasteiger charge is -2.22. The van der Waals surface area contributed by atoms with Crippen molar-refractivity contribution in [1.29, 1.82) is 0 Å². The summed E-state index contributed by atoms with van der Waals surface area (Å²) in [6.07, 6.45) is -2.89. The first-order chi connectivity index (χ1) is 12.0. The van der Waals surface area contributed by atoms with Gasteiger partial charge in [0, 0.05) is 19.8 Å². The van der Waals surface area contributed by atoms with Crippen LogP contribution in [-0.2, 0) is 24.1 Å². The van der Waals surface area contributed by atoms with Gasteiger partial charge in [0.2, 0.25) is 5.91 Å². The van der Waals surface area contributed by atoms with Gasteiger partial charge in [-0.1, -0.05) is 11.6 Å². The predicted molar refractivity (Wildman–Crippen MR) is 93.8 cm³/mol. The predicted octanol–water partition coefficient (Wildman–Crippen LogP) is 4.06. The Morgan fingerprint density at radius 2 is 2.04 bits per heavy atom. The number of nitrogens with zero attached hydrogens (tertiary/aromatic N) is 5. The van der Waals surface area contributed by atoms with Crippen molar-refractivity contribution in [1.82, 2.24) is 24.5 Å². The van der Waals surface area contributed by atoms with Gasteiger partial charge in [-0.2, -0.15) is 23.4 Å². The van der Waals surface area contributed by atoms with Gasteiger partial charge in [0.05, 0.1) is 27.4 Å². The summed E-state index contributed by atoms with van der Waals surface area (Å²) in [6, 6.07) is -0.944. The van der Waals surface area contributed by atoms with Crippen LogP contribution in [0.1, 0.15) is 37.0 Å². The van der Waals surface area contributed by atoms with Crippen LogP contribution in [0, 0.1) is 6.92 Å². The van der Waals surface area contributed by atoms with E-state index in [1.807, 2.05) is 6.92 Å². The molecular formula is C15H18BrClF3N5O. The maximum Gasteiger partial charge on any atom is 0.436 e. The number of amides is 1. The van der Waals surface area contributed by atoms with E-state index in [1.54, 1.807) is 17.9 Å². The molecule has 0 aromatic carbocycles. The highest BCUT2D eigenvalue weighted by atomic mass is 79.9. The average molecular weight is 457 g/mol. The van der Waals surface area contributed by atoms with E-state index >= 15 is 0 Å². The largest absolute Gasteiger partial charge is 0.436 e. The second kappa shape index (κ2) is 7.59. The van der Waals surface area contributed by atoms with Crippen LogP contribution in [0.5, 0.6) is 0 Å². The average Bonchev–Trinajstić information content (AvgIpc) is 3.06. The molecule has 26 heavy (non-hydrogen) atoms. The monoisotopic (exact) mass is 455 g/mol. The minimum absolute atomic E-state index is 0.0877. The lowest BCUT2D eigenvalue weighted by Crippen LogP contribution is -2.34. The number of hydrogen-bond donors (Lipinski definition) is 0. The maximum absolute atomic E-state index is 13.0. The topological polar surface area (TPSA) is 56.0 Å². The lowest BCUT2D eigenvalue weighted by molar-refractivity contribution is -0.142. The zero-order chi connectivity index (χ0) is 19.8. The third-order valence-electron chi connectivity index (χ3n) is 3.94. The molecule has 1 amide bonds. The number of hydrogen-bond acceptors (Lipinski definition) is 3. The molecule has 144 valence electrons. The molecular weight excluding hydrogens is 439 g/mol. The van der Waals surface area contributed by atoms with Crippen LogP contribution in [-0.4, -0.2) is 37.4 Å². The highest BCUT2D eigenvalue weighted by Crippen LogP contribution is 2.36. The Hall–Kier alpha value is -1.55. The molecule has 0 N–H and O–H groups in total. The number of alkyl halides is 3. The fraction of sp³-hybridized carbons (Fsp3) is 0.533. The van der Waals surface area contributed by atoms with Gasteiger partial charge in [0.1, 0.15) is 6.04 Å². The van der Waals surface area contributed by atoms with E-state index in [1.165, 1.54) is 18.7 Å². The van der Waals surface area contributed by atoms with E-state index in [-0.39, 0.29) is 12.2 Å². The summed E-state index contributed by atoms with van der Waals surface area (Å²) in [7, 11) is 1.56. The molecule has 0 bridgehead atoms. The molecule has 2 rings (SSSR count). The van der Waals surface area contributed by atoms with Gasteiger partial charge in [0.25, 0.3) is 0 Å². The van der Waals surface area contributed by atoms with E-state index in [0.29, 0.717) is 12.2 Å². The molecule has 2 heterocycles. The van der Waals surface area contributed by atoms with E-state index in [4.69, 9.17) is 11.6 Å². The van der Waals surface area contributed by atoms with Crippen molar-refractivity contribution in [2.45, 2.75) is 46.1 Å². The van der Waals surface area contributed by atoms with E-state index in [2.05, 4.69) is 26.1 Å². The molecule has 11 heteroatoms. The van der Waals surface area contributed by atoms with Crippen LogP contribution in [0.15, 0.2) is 10.7 Å². The summed E-state index contributed by atoms with van der Waals surface area (Å²) in [5, 5.41) is 7.35. The first-order valence-electron chi connectivity index (χ1n) is 7.75. The quantitative estimate of drug-likeness (QED) is 0.682. The van der Waals surface area contributed by atoms with Crippen molar-refractivity contribution in [2.75, 3.05) is 7.05 Å². The van der Waals surface area contributed by atoms with Gasteiger partial charge in [-0.25, -0.2) is 0 Å². The molecule has 0 aliphatic carbocycles. The normalized spacial score (nSPS) is 13.1. The number of aryl methyl sites for hydroxylation is 1. The summed E-state index contributed by atoms with van der Waals surface area (Å²) in [5.41, 5.74) is -0.450. The van der Waals surface area contributed by atoms with Crippen LogP contribution < -0.4 is 0 Å². The molecule has 6 nitrogen and oxygen atoms in total. The fourth-order valence-corrected chi connectivity index (χ4v) is 3.16. The van der Waals surface area contributed by atoms with E-state index in [9.17, 15) is 18.0 Å². The number of likely N-dealkylation sites (N-methyl/N-ethyl adjacent to an activating group) is 1. The van der Waals surface area contributed by atoms with Gasteiger partial charge >= 0.3 is 6.18 Å². The standard InChI is InChI=1S/C15H18BrClF3N5O/c1-5-24-6-10(16)11(21-24)7-23(4)14(26)9(3)25-8(2)12(17)13(22-25)15(18,19)20/h6,9H,5,7H2,1-4H3. The number of rotatable bonds is 5. The summed E-state index contributed by atoms with van der Waals surface area (Å²) < 4.78 is 42.4. The molecule has 0 aliphatic rings. The molecule has 1 unspecified atom stereocenters. The van der Waals surface area contributed by atoms with Crippen LogP contribution in [0.25, 0.3) is 0 Å². The molecule has 0 aliphatic heterocycles. The zero-order valence-electron chi connectivity index (χ0n) is 14.6. The van der Waals surface area contributed by atoms with Crippen LogP contribution in [0.3, 0.4) is 0 Å². The minimum Gasteiger partial charge on any atom is -0.338 e. The Balaban J connectivity index is 2.22. The summed E-state index contributed by atoms with van der Waals surface area (Å²) in [4.78, 5) is 14.0. The number of aromatic nitrogens is 4. The number of carbonyl (C=O) groups is 1. The van der Waals surface area contributed by atoms with Gasteiger partial charge in [-0.15, -0.1) is 0 Å². The van der Waals surface area contributed by atoms with Crippen molar-refractivity contribution in [3.63, 3.8) is 0 Å².